The van der Waals surface area contributed by atoms with Gasteiger partial charge in [-0.2, -0.15) is 0 Å². The van der Waals surface area contributed by atoms with Gasteiger partial charge in [0.1, 0.15) is 5.03 Å². The third kappa shape index (κ3) is 3.58. The van der Waals surface area contributed by atoms with Gasteiger partial charge in [-0.05, 0) is 56.6 Å². The average Bonchev–Trinajstić information content (AvgIpc) is 2.43. The van der Waals surface area contributed by atoms with Crippen LogP contribution in [-0.2, 0) is 0 Å². The van der Waals surface area contributed by atoms with Gasteiger partial charge in [0, 0.05) is 17.1 Å². The molecule has 0 saturated heterocycles. The molecule has 1 aromatic carbocycles. The number of nitrogens with one attached hydrogen (secondary N) is 1. The molecule has 1 N–H and O–H groups in total. The standard InChI is InChI=1S/C16H20N2S/c1-11-5-6-12(2)15(9-11)19-16-8-7-14(10-18-16)13(3)17-4/h5-10,13,17H,1-4H3. The minimum atomic E-state index is 0.340. The molecule has 0 aliphatic heterocycles. The third-order valence-corrected chi connectivity index (χ3v) is 4.36. The van der Waals surface area contributed by atoms with Crippen LogP contribution in [0.3, 0.4) is 0 Å². The van der Waals surface area contributed by atoms with Crippen LogP contribution in [0.15, 0.2) is 46.5 Å². The van der Waals surface area contributed by atoms with Gasteiger partial charge in [-0.1, -0.05) is 30.0 Å². The maximum absolute atomic E-state index is 4.54. The Morgan fingerprint density at radius 3 is 2.58 bits per heavy atom. The number of rotatable bonds is 4. The first-order chi connectivity index (χ1) is 9.10. The first-order valence-corrected chi connectivity index (χ1v) is 7.30. The van der Waals surface area contributed by atoms with Crippen molar-refractivity contribution in [2.24, 2.45) is 0 Å². The Hall–Kier alpha value is -1.32. The minimum Gasteiger partial charge on any atom is -0.313 e. The van der Waals surface area contributed by atoms with Crippen molar-refractivity contribution >= 4 is 11.8 Å². The lowest BCUT2D eigenvalue weighted by molar-refractivity contribution is 0.648. The quantitative estimate of drug-likeness (QED) is 0.906. The maximum Gasteiger partial charge on any atom is 0.101 e. The molecule has 0 fully saturated rings. The van der Waals surface area contributed by atoms with Crippen molar-refractivity contribution in [3.8, 4) is 0 Å². The van der Waals surface area contributed by atoms with E-state index >= 15 is 0 Å². The smallest absolute Gasteiger partial charge is 0.101 e. The summed E-state index contributed by atoms with van der Waals surface area (Å²) >= 11 is 1.72. The van der Waals surface area contributed by atoms with Crippen molar-refractivity contribution in [2.75, 3.05) is 7.05 Å². The Balaban J connectivity index is 2.17. The van der Waals surface area contributed by atoms with Crippen molar-refractivity contribution in [1.29, 1.82) is 0 Å². The summed E-state index contributed by atoms with van der Waals surface area (Å²) in [7, 11) is 1.96. The second-order valence-corrected chi connectivity index (χ2v) is 5.87. The summed E-state index contributed by atoms with van der Waals surface area (Å²) in [6.07, 6.45) is 1.95. The zero-order valence-corrected chi connectivity index (χ0v) is 12.7. The van der Waals surface area contributed by atoms with E-state index in [2.05, 4.69) is 61.4 Å². The van der Waals surface area contributed by atoms with E-state index in [1.807, 2.05) is 13.2 Å². The molecule has 1 aromatic heterocycles. The molecule has 0 radical (unpaired) electrons. The Morgan fingerprint density at radius 1 is 1.16 bits per heavy atom. The van der Waals surface area contributed by atoms with Gasteiger partial charge in [-0.3, -0.25) is 0 Å². The number of benzene rings is 1. The largest absolute Gasteiger partial charge is 0.313 e. The van der Waals surface area contributed by atoms with Crippen LogP contribution in [0.5, 0.6) is 0 Å². The monoisotopic (exact) mass is 272 g/mol. The fraction of sp³-hybridized carbons (Fsp3) is 0.312. The molecule has 3 heteroatoms. The number of nitrogens with zero attached hydrogens (tertiary/aromatic N) is 1. The second-order valence-electron chi connectivity index (χ2n) is 4.81. The summed E-state index contributed by atoms with van der Waals surface area (Å²) in [4.78, 5) is 5.82. The van der Waals surface area contributed by atoms with Gasteiger partial charge < -0.3 is 5.32 Å². The van der Waals surface area contributed by atoms with Crippen LogP contribution < -0.4 is 5.32 Å². The van der Waals surface area contributed by atoms with Gasteiger partial charge in [-0.25, -0.2) is 4.98 Å². The van der Waals surface area contributed by atoms with Gasteiger partial charge in [0.25, 0.3) is 0 Å². The third-order valence-electron chi connectivity index (χ3n) is 3.25. The molecule has 1 heterocycles. The molecular weight excluding hydrogens is 252 g/mol. The van der Waals surface area contributed by atoms with E-state index in [1.165, 1.54) is 21.6 Å². The molecule has 2 nitrogen and oxygen atoms in total. The van der Waals surface area contributed by atoms with Crippen molar-refractivity contribution in [1.82, 2.24) is 10.3 Å². The highest BCUT2D eigenvalue weighted by molar-refractivity contribution is 7.99. The molecule has 1 unspecified atom stereocenters. The van der Waals surface area contributed by atoms with E-state index in [-0.39, 0.29) is 0 Å². The topological polar surface area (TPSA) is 24.9 Å². The lowest BCUT2D eigenvalue weighted by Crippen LogP contribution is -2.12. The van der Waals surface area contributed by atoms with Crippen LogP contribution >= 0.6 is 11.8 Å². The molecule has 19 heavy (non-hydrogen) atoms. The molecular formula is C16H20N2S. The van der Waals surface area contributed by atoms with Gasteiger partial charge in [0.15, 0.2) is 0 Å². The second kappa shape index (κ2) is 6.22. The molecule has 0 amide bonds. The zero-order valence-electron chi connectivity index (χ0n) is 11.9. The van der Waals surface area contributed by atoms with E-state index < -0.39 is 0 Å². The molecule has 0 saturated carbocycles. The SMILES string of the molecule is CNC(C)c1ccc(Sc2cc(C)ccc2C)nc1. The number of aromatic nitrogens is 1. The molecule has 0 bridgehead atoms. The number of aryl methyl sites for hydroxylation is 2. The van der Waals surface area contributed by atoms with Crippen molar-refractivity contribution in [2.45, 2.75) is 36.7 Å². The summed E-state index contributed by atoms with van der Waals surface area (Å²) in [6, 6.07) is 11.1. The van der Waals surface area contributed by atoms with E-state index in [4.69, 9.17) is 0 Å². The highest BCUT2D eigenvalue weighted by Gasteiger charge is 2.05. The number of pyridine rings is 1. The van der Waals surface area contributed by atoms with Crippen molar-refractivity contribution < 1.29 is 0 Å². The maximum atomic E-state index is 4.54. The summed E-state index contributed by atoms with van der Waals surface area (Å²) in [5, 5.41) is 4.26. The van der Waals surface area contributed by atoms with Crippen molar-refractivity contribution in [3.05, 3.63) is 53.2 Å². The lowest BCUT2D eigenvalue weighted by atomic mass is 10.1. The summed E-state index contributed by atoms with van der Waals surface area (Å²) in [5.41, 5.74) is 3.80. The summed E-state index contributed by atoms with van der Waals surface area (Å²) in [5.74, 6) is 0. The van der Waals surface area contributed by atoms with Crippen LogP contribution in [0.25, 0.3) is 0 Å². The number of hydrogen-bond acceptors (Lipinski definition) is 3. The van der Waals surface area contributed by atoms with Crippen molar-refractivity contribution in [3.63, 3.8) is 0 Å². The number of hydrogen-bond donors (Lipinski definition) is 1. The molecule has 0 spiro atoms. The highest BCUT2D eigenvalue weighted by atomic mass is 32.2. The van der Waals surface area contributed by atoms with Gasteiger partial charge >= 0.3 is 0 Å². The van der Waals surface area contributed by atoms with Crippen LogP contribution in [0.4, 0.5) is 0 Å². The van der Waals surface area contributed by atoms with Gasteiger partial charge in [0.05, 0.1) is 0 Å². The van der Waals surface area contributed by atoms with E-state index in [0.29, 0.717) is 6.04 Å². The van der Waals surface area contributed by atoms with Crippen LogP contribution in [0, 0.1) is 13.8 Å². The average molecular weight is 272 g/mol. The van der Waals surface area contributed by atoms with Crippen LogP contribution in [0.2, 0.25) is 0 Å². The first-order valence-electron chi connectivity index (χ1n) is 6.48. The predicted molar refractivity (Wildman–Crippen MR) is 81.8 cm³/mol. The molecule has 2 rings (SSSR count). The Morgan fingerprint density at radius 2 is 1.95 bits per heavy atom. The predicted octanol–water partition coefficient (Wildman–Crippen LogP) is 4.13. The summed E-state index contributed by atoms with van der Waals surface area (Å²) in [6.45, 7) is 6.39. The Kier molecular flexibility index (Phi) is 4.61. The normalized spacial score (nSPS) is 12.4. The van der Waals surface area contributed by atoms with Gasteiger partial charge in [-0.15, -0.1) is 0 Å². The van der Waals surface area contributed by atoms with Crippen LogP contribution in [0.1, 0.15) is 29.7 Å². The van der Waals surface area contributed by atoms with Crippen LogP contribution in [-0.4, -0.2) is 12.0 Å². The molecule has 100 valence electrons. The lowest BCUT2D eigenvalue weighted by Gasteiger charge is -2.11. The zero-order chi connectivity index (χ0) is 13.8. The molecule has 2 aromatic rings. The van der Waals surface area contributed by atoms with E-state index in [1.54, 1.807) is 11.8 Å². The van der Waals surface area contributed by atoms with Gasteiger partial charge in [0.2, 0.25) is 0 Å². The molecule has 0 aliphatic carbocycles. The van der Waals surface area contributed by atoms with E-state index in [0.717, 1.165) is 5.03 Å². The Labute approximate surface area is 119 Å². The summed E-state index contributed by atoms with van der Waals surface area (Å²) < 4.78 is 0. The fourth-order valence-corrected chi connectivity index (χ4v) is 2.75. The molecule has 1 atom stereocenters. The molecule has 0 aliphatic rings. The highest BCUT2D eigenvalue weighted by Crippen LogP contribution is 2.30. The first kappa shape index (κ1) is 14.1. The van der Waals surface area contributed by atoms with E-state index in [9.17, 15) is 0 Å². The minimum absolute atomic E-state index is 0.340. The fourth-order valence-electron chi connectivity index (χ4n) is 1.80. The Bertz CT molecular complexity index is 549.